The molecule has 0 aliphatic carbocycles. The molecule has 98 valence electrons. The molecular weight excluding hydrogens is 254 g/mol. The second kappa shape index (κ2) is 4.97. The van der Waals surface area contributed by atoms with Crippen molar-refractivity contribution in [1.29, 1.82) is 0 Å². The summed E-state index contributed by atoms with van der Waals surface area (Å²) in [6.45, 7) is 0. The lowest BCUT2D eigenvalue weighted by Crippen LogP contribution is -1.87. The van der Waals surface area contributed by atoms with Gasteiger partial charge in [-0.2, -0.15) is 0 Å². The van der Waals surface area contributed by atoms with Crippen molar-refractivity contribution in [3.63, 3.8) is 0 Å². The third-order valence-electron chi connectivity index (χ3n) is 2.92. The van der Waals surface area contributed by atoms with Crippen molar-refractivity contribution in [3.05, 3.63) is 70.0 Å². The number of para-hydroxylation sites is 2. The van der Waals surface area contributed by atoms with Gasteiger partial charge in [-0.25, -0.2) is 4.98 Å². The Labute approximate surface area is 114 Å². The lowest BCUT2D eigenvalue weighted by atomic mass is 10.2. The van der Waals surface area contributed by atoms with E-state index in [0.717, 1.165) is 22.4 Å². The molecule has 3 aromatic rings. The Hall–Kier alpha value is -2.95. The van der Waals surface area contributed by atoms with Crippen LogP contribution in [-0.2, 0) is 0 Å². The van der Waals surface area contributed by atoms with E-state index < -0.39 is 4.92 Å². The molecule has 1 N–H and O–H groups in total. The van der Waals surface area contributed by atoms with Gasteiger partial charge in [0.05, 0.1) is 16.0 Å². The molecule has 0 amide bonds. The van der Waals surface area contributed by atoms with Crippen LogP contribution in [0, 0.1) is 10.1 Å². The van der Waals surface area contributed by atoms with Crippen LogP contribution < -0.4 is 0 Å². The molecule has 1 aromatic heterocycles. The molecule has 0 saturated heterocycles. The van der Waals surface area contributed by atoms with Crippen LogP contribution >= 0.6 is 0 Å². The molecule has 3 rings (SSSR count). The van der Waals surface area contributed by atoms with Gasteiger partial charge in [-0.3, -0.25) is 10.1 Å². The summed E-state index contributed by atoms with van der Waals surface area (Å²) in [5.74, 6) is 0.720. The predicted octanol–water partition coefficient (Wildman–Crippen LogP) is 3.64. The molecule has 0 fully saturated rings. The number of hydrogen-bond acceptors (Lipinski definition) is 3. The second-order valence-electron chi connectivity index (χ2n) is 4.32. The summed E-state index contributed by atoms with van der Waals surface area (Å²) >= 11 is 0. The van der Waals surface area contributed by atoms with Crippen LogP contribution in [0.25, 0.3) is 23.2 Å². The molecule has 0 radical (unpaired) electrons. The Morgan fingerprint density at radius 2 is 1.95 bits per heavy atom. The normalized spacial score (nSPS) is 11.2. The molecule has 0 aliphatic rings. The fraction of sp³-hybridized carbons (Fsp3) is 0. The van der Waals surface area contributed by atoms with Crippen molar-refractivity contribution in [3.8, 4) is 0 Å². The third-order valence-corrected chi connectivity index (χ3v) is 2.92. The Morgan fingerprint density at radius 3 is 2.75 bits per heavy atom. The number of benzene rings is 2. The lowest BCUT2D eigenvalue weighted by molar-refractivity contribution is -0.384. The molecule has 0 bridgehead atoms. The quantitative estimate of drug-likeness (QED) is 0.580. The van der Waals surface area contributed by atoms with Gasteiger partial charge >= 0.3 is 0 Å². The summed E-state index contributed by atoms with van der Waals surface area (Å²) in [4.78, 5) is 17.9. The topological polar surface area (TPSA) is 71.8 Å². The molecular formula is C15H11N3O2. The fourth-order valence-corrected chi connectivity index (χ4v) is 1.97. The van der Waals surface area contributed by atoms with Crippen molar-refractivity contribution >= 4 is 28.9 Å². The molecule has 1 heterocycles. The van der Waals surface area contributed by atoms with Gasteiger partial charge < -0.3 is 4.98 Å². The highest BCUT2D eigenvalue weighted by Gasteiger charge is 2.04. The average Bonchev–Trinajstić information content (AvgIpc) is 2.88. The zero-order chi connectivity index (χ0) is 13.9. The summed E-state index contributed by atoms with van der Waals surface area (Å²) in [7, 11) is 0. The summed E-state index contributed by atoms with van der Waals surface area (Å²) in [6, 6.07) is 14.2. The van der Waals surface area contributed by atoms with Crippen LogP contribution in [0.2, 0.25) is 0 Å². The highest BCUT2D eigenvalue weighted by atomic mass is 16.6. The zero-order valence-electron chi connectivity index (χ0n) is 10.5. The summed E-state index contributed by atoms with van der Waals surface area (Å²) in [5, 5.41) is 10.7. The minimum absolute atomic E-state index is 0.0803. The SMILES string of the molecule is O=[N+]([O-])c1cccc(/C=C/c2nc3ccccc3[nH]2)c1. The first kappa shape index (κ1) is 12.1. The smallest absolute Gasteiger partial charge is 0.270 e. The van der Waals surface area contributed by atoms with Crippen LogP contribution in [0.15, 0.2) is 48.5 Å². The average molecular weight is 265 g/mol. The number of H-pyrrole nitrogens is 1. The van der Waals surface area contributed by atoms with Crippen LogP contribution in [0.4, 0.5) is 5.69 Å². The van der Waals surface area contributed by atoms with Crippen LogP contribution in [0.5, 0.6) is 0 Å². The number of hydrogen-bond donors (Lipinski definition) is 1. The molecule has 2 aromatic carbocycles. The summed E-state index contributed by atoms with van der Waals surface area (Å²) in [5.41, 5.74) is 2.70. The van der Waals surface area contributed by atoms with E-state index in [-0.39, 0.29) is 5.69 Å². The maximum absolute atomic E-state index is 10.7. The highest BCUT2D eigenvalue weighted by molar-refractivity contribution is 5.78. The molecule has 20 heavy (non-hydrogen) atoms. The molecule has 0 aliphatic heterocycles. The van der Waals surface area contributed by atoms with E-state index in [0.29, 0.717) is 0 Å². The van der Waals surface area contributed by atoms with Gasteiger partial charge in [-0.05, 0) is 23.8 Å². The number of imidazole rings is 1. The number of rotatable bonds is 3. The highest BCUT2D eigenvalue weighted by Crippen LogP contribution is 2.16. The van der Waals surface area contributed by atoms with Gasteiger partial charge in [0.15, 0.2) is 0 Å². The van der Waals surface area contributed by atoms with Gasteiger partial charge in [-0.1, -0.05) is 30.3 Å². The van der Waals surface area contributed by atoms with E-state index >= 15 is 0 Å². The molecule has 0 atom stereocenters. The van der Waals surface area contributed by atoms with Gasteiger partial charge in [0, 0.05) is 12.1 Å². The number of nitro benzene ring substituents is 1. The van der Waals surface area contributed by atoms with Gasteiger partial charge in [0.25, 0.3) is 5.69 Å². The van der Waals surface area contributed by atoms with Crippen molar-refractivity contribution in [2.24, 2.45) is 0 Å². The first-order valence-electron chi connectivity index (χ1n) is 6.10. The number of fused-ring (bicyclic) bond motifs is 1. The first-order valence-corrected chi connectivity index (χ1v) is 6.10. The number of aromatic amines is 1. The second-order valence-corrected chi connectivity index (χ2v) is 4.32. The zero-order valence-corrected chi connectivity index (χ0v) is 10.5. The Balaban J connectivity index is 1.89. The van der Waals surface area contributed by atoms with Gasteiger partial charge in [-0.15, -0.1) is 0 Å². The van der Waals surface area contributed by atoms with Crippen molar-refractivity contribution in [2.45, 2.75) is 0 Å². The number of nitro groups is 1. The molecule has 0 unspecified atom stereocenters. The maximum atomic E-state index is 10.7. The summed E-state index contributed by atoms with van der Waals surface area (Å²) < 4.78 is 0. The molecule has 0 spiro atoms. The number of non-ortho nitro benzene ring substituents is 1. The van der Waals surface area contributed by atoms with E-state index in [1.165, 1.54) is 12.1 Å². The Bertz CT molecular complexity index is 772. The largest absolute Gasteiger partial charge is 0.338 e. The van der Waals surface area contributed by atoms with Crippen LogP contribution in [0.1, 0.15) is 11.4 Å². The van der Waals surface area contributed by atoms with E-state index in [2.05, 4.69) is 9.97 Å². The Morgan fingerprint density at radius 1 is 1.10 bits per heavy atom. The van der Waals surface area contributed by atoms with Crippen molar-refractivity contribution < 1.29 is 4.92 Å². The van der Waals surface area contributed by atoms with Gasteiger partial charge in [0.1, 0.15) is 5.82 Å². The van der Waals surface area contributed by atoms with Crippen LogP contribution in [-0.4, -0.2) is 14.9 Å². The number of nitrogens with zero attached hydrogens (tertiary/aromatic N) is 2. The Kier molecular flexibility index (Phi) is 3.01. The minimum Gasteiger partial charge on any atom is -0.338 e. The standard InChI is InChI=1S/C15H11N3O2/c19-18(20)12-5-3-4-11(10-12)8-9-15-16-13-6-1-2-7-14(13)17-15/h1-10H,(H,16,17)/b9-8+. The minimum atomic E-state index is -0.404. The van der Waals surface area contributed by atoms with Gasteiger partial charge in [0.2, 0.25) is 0 Å². The molecule has 5 nitrogen and oxygen atoms in total. The predicted molar refractivity (Wildman–Crippen MR) is 78.1 cm³/mol. The van der Waals surface area contributed by atoms with E-state index in [4.69, 9.17) is 0 Å². The number of aromatic nitrogens is 2. The van der Waals surface area contributed by atoms with Crippen molar-refractivity contribution in [1.82, 2.24) is 9.97 Å². The summed E-state index contributed by atoms with van der Waals surface area (Å²) in [6.07, 6.45) is 3.60. The van der Waals surface area contributed by atoms with Crippen LogP contribution in [0.3, 0.4) is 0 Å². The van der Waals surface area contributed by atoms with Crippen molar-refractivity contribution in [2.75, 3.05) is 0 Å². The molecule has 0 saturated carbocycles. The molecule has 5 heteroatoms. The lowest BCUT2D eigenvalue weighted by Gasteiger charge is -1.93. The van der Waals surface area contributed by atoms with E-state index in [9.17, 15) is 10.1 Å². The third kappa shape index (κ3) is 2.42. The first-order chi connectivity index (χ1) is 9.72. The van der Waals surface area contributed by atoms with E-state index in [1.54, 1.807) is 18.2 Å². The maximum Gasteiger partial charge on any atom is 0.270 e. The number of nitrogens with one attached hydrogen (secondary N) is 1. The van der Waals surface area contributed by atoms with E-state index in [1.807, 2.05) is 30.3 Å². The fourth-order valence-electron chi connectivity index (χ4n) is 1.97. The monoisotopic (exact) mass is 265 g/mol.